The number of likely N-dealkylation sites (N-methyl/N-ethyl adjacent to an activating group) is 1. The fourth-order valence-electron chi connectivity index (χ4n) is 3.72. The fraction of sp³-hybridized carbons (Fsp3) is 0.364. The molecule has 0 unspecified atom stereocenters. The van der Waals surface area contributed by atoms with E-state index in [2.05, 4.69) is 27.4 Å². The Hall–Kier alpha value is -2.22. The zero-order valence-corrected chi connectivity index (χ0v) is 18.4. The first-order chi connectivity index (χ1) is 14.5. The van der Waals surface area contributed by atoms with Crippen molar-refractivity contribution in [2.75, 3.05) is 48.3 Å². The number of halogens is 1. The van der Waals surface area contributed by atoms with Gasteiger partial charge in [-0.1, -0.05) is 18.5 Å². The van der Waals surface area contributed by atoms with Gasteiger partial charge >= 0.3 is 0 Å². The van der Waals surface area contributed by atoms with Crippen molar-refractivity contribution in [3.05, 3.63) is 47.5 Å². The summed E-state index contributed by atoms with van der Waals surface area (Å²) in [5.41, 5.74) is 2.61. The quantitative estimate of drug-likeness (QED) is 0.731. The lowest BCUT2D eigenvalue weighted by atomic mass is 10.2. The first-order valence-electron chi connectivity index (χ1n) is 10.2. The van der Waals surface area contributed by atoms with Crippen LogP contribution in [-0.4, -0.2) is 54.7 Å². The maximum atomic E-state index is 12.5. The van der Waals surface area contributed by atoms with Gasteiger partial charge in [-0.05, 0) is 49.0 Å². The number of carbonyl (C=O) groups excluding carboxylic acids is 2. The van der Waals surface area contributed by atoms with Crippen LogP contribution in [0.5, 0.6) is 0 Å². The van der Waals surface area contributed by atoms with Crippen LogP contribution in [0.15, 0.2) is 47.4 Å². The lowest BCUT2D eigenvalue weighted by molar-refractivity contribution is -0.120. The minimum Gasteiger partial charge on any atom is -0.369 e. The normalized spacial score (nSPS) is 19.2. The molecule has 2 aliphatic heterocycles. The minimum atomic E-state index is -0.465. The van der Waals surface area contributed by atoms with E-state index in [0.29, 0.717) is 10.7 Å². The van der Waals surface area contributed by atoms with Crippen molar-refractivity contribution in [3.8, 4) is 0 Å². The van der Waals surface area contributed by atoms with E-state index in [-0.39, 0.29) is 18.2 Å². The van der Waals surface area contributed by atoms with Crippen LogP contribution in [0.1, 0.15) is 13.3 Å². The van der Waals surface area contributed by atoms with E-state index in [1.54, 1.807) is 12.1 Å². The average Bonchev–Trinajstić information content (AvgIpc) is 2.75. The van der Waals surface area contributed by atoms with Gasteiger partial charge in [0.15, 0.2) is 0 Å². The van der Waals surface area contributed by atoms with Gasteiger partial charge in [-0.3, -0.25) is 9.59 Å². The van der Waals surface area contributed by atoms with Crippen LogP contribution in [0.3, 0.4) is 0 Å². The van der Waals surface area contributed by atoms with Crippen molar-refractivity contribution in [3.63, 3.8) is 0 Å². The Bertz CT molecular complexity index is 929. The number of nitrogens with zero attached hydrogens (tertiary/aromatic N) is 2. The number of piperazine rings is 1. The number of carbonyl (C=O) groups is 2. The van der Waals surface area contributed by atoms with Crippen molar-refractivity contribution in [1.82, 2.24) is 4.90 Å². The molecule has 0 bridgehead atoms. The smallest absolute Gasteiger partial charge is 0.238 e. The number of fused-ring (bicyclic) bond motifs is 1. The van der Waals surface area contributed by atoms with Crippen LogP contribution in [0.25, 0.3) is 0 Å². The predicted molar refractivity (Wildman–Crippen MR) is 124 cm³/mol. The molecule has 2 heterocycles. The summed E-state index contributed by atoms with van der Waals surface area (Å²) in [5, 5.41) is 5.85. The number of benzene rings is 2. The van der Waals surface area contributed by atoms with Gasteiger partial charge in [-0.15, -0.1) is 11.8 Å². The average molecular weight is 445 g/mol. The van der Waals surface area contributed by atoms with Crippen molar-refractivity contribution in [2.24, 2.45) is 0 Å². The summed E-state index contributed by atoms with van der Waals surface area (Å²) in [6, 6.07) is 13.3. The first-order valence-corrected chi connectivity index (χ1v) is 11.4. The van der Waals surface area contributed by atoms with Crippen LogP contribution < -0.4 is 15.5 Å². The van der Waals surface area contributed by atoms with Gasteiger partial charge in [0.25, 0.3) is 0 Å². The molecule has 0 aliphatic carbocycles. The van der Waals surface area contributed by atoms with Crippen molar-refractivity contribution in [1.29, 1.82) is 0 Å². The molecule has 6 nitrogen and oxygen atoms in total. The van der Waals surface area contributed by atoms with E-state index >= 15 is 0 Å². The number of nitrogens with one attached hydrogen (secondary N) is 2. The van der Waals surface area contributed by atoms with Gasteiger partial charge in [-0.25, -0.2) is 0 Å². The molecule has 2 amide bonds. The van der Waals surface area contributed by atoms with E-state index < -0.39 is 5.25 Å². The summed E-state index contributed by atoms with van der Waals surface area (Å²) in [4.78, 5) is 30.6. The maximum absolute atomic E-state index is 12.5. The highest BCUT2D eigenvalue weighted by Crippen LogP contribution is 2.38. The zero-order chi connectivity index (χ0) is 21.1. The van der Waals surface area contributed by atoms with Crippen LogP contribution in [-0.2, 0) is 9.59 Å². The second-order valence-corrected chi connectivity index (χ2v) is 9.14. The lowest BCUT2D eigenvalue weighted by Gasteiger charge is -2.35. The fourth-order valence-corrected chi connectivity index (χ4v) is 4.98. The molecule has 158 valence electrons. The lowest BCUT2D eigenvalue weighted by Crippen LogP contribution is -2.46. The number of anilines is 3. The molecule has 1 atom stereocenters. The molecular formula is C22H25ClN4O2S. The molecule has 2 aliphatic rings. The summed E-state index contributed by atoms with van der Waals surface area (Å²) in [7, 11) is 0. The number of thioether (sulfide) groups is 1. The Kier molecular flexibility index (Phi) is 6.51. The van der Waals surface area contributed by atoms with E-state index in [1.807, 2.05) is 30.3 Å². The van der Waals surface area contributed by atoms with Gasteiger partial charge in [0.1, 0.15) is 0 Å². The predicted octanol–water partition coefficient (Wildman–Crippen LogP) is 3.92. The number of hydrogen-bond donors (Lipinski definition) is 2. The van der Waals surface area contributed by atoms with Crippen LogP contribution in [0, 0.1) is 0 Å². The van der Waals surface area contributed by atoms with E-state index in [1.165, 1.54) is 17.4 Å². The Morgan fingerprint density at radius 2 is 1.90 bits per heavy atom. The van der Waals surface area contributed by atoms with Crippen molar-refractivity contribution in [2.45, 2.75) is 23.5 Å². The molecule has 0 aromatic heterocycles. The maximum Gasteiger partial charge on any atom is 0.238 e. The first kappa shape index (κ1) is 21.0. The minimum absolute atomic E-state index is 0.110. The summed E-state index contributed by atoms with van der Waals surface area (Å²) >= 11 is 7.37. The Labute approximate surface area is 185 Å². The van der Waals surface area contributed by atoms with Crippen LogP contribution >= 0.6 is 23.4 Å². The molecule has 0 saturated carbocycles. The molecule has 1 saturated heterocycles. The molecule has 8 heteroatoms. The standard InChI is InChI=1S/C22H25ClN4O2S/c1-2-26-9-11-27(12-10-26)17-6-4-16(5-7-17)24-21(28)14-20-22(29)25-18-13-15(23)3-8-19(18)30-20/h3-8,13,20H,2,9-12,14H2,1H3,(H,24,28)(H,25,29)/t20-/m1/s1. The second-order valence-electron chi connectivity index (χ2n) is 7.46. The number of amides is 2. The molecule has 2 aromatic rings. The summed E-state index contributed by atoms with van der Waals surface area (Å²) in [6.07, 6.45) is 0.110. The molecule has 4 rings (SSSR count). The van der Waals surface area contributed by atoms with Gasteiger partial charge < -0.3 is 20.4 Å². The molecule has 0 spiro atoms. The summed E-state index contributed by atoms with van der Waals surface area (Å²) in [6.45, 7) is 7.46. The summed E-state index contributed by atoms with van der Waals surface area (Å²) in [5.74, 6) is -0.351. The van der Waals surface area contributed by atoms with Crippen LogP contribution in [0.4, 0.5) is 17.1 Å². The number of hydrogen-bond acceptors (Lipinski definition) is 5. The molecule has 2 aromatic carbocycles. The largest absolute Gasteiger partial charge is 0.369 e. The van der Waals surface area contributed by atoms with Crippen molar-refractivity contribution >= 4 is 52.2 Å². The summed E-state index contributed by atoms with van der Waals surface area (Å²) < 4.78 is 0. The third-order valence-electron chi connectivity index (χ3n) is 5.47. The van der Waals surface area contributed by atoms with E-state index in [0.717, 1.165) is 43.3 Å². The third kappa shape index (κ3) is 4.91. The van der Waals surface area contributed by atoms with E-state index in [4.69, 9.17) is 11.6 Å². The Morgan fingerprint density at radius 3 is 2.60 bits per heavy atom. The molecule has 1 fully saturated rings. The highest BCUT2D eigenvalue weighted by molar-refractivity contribution is 8.01. The van der Waals surface area contributed by atoms with Gasteiger partial charge in [0.2, 0.25) is 11.8 Å². The van der Waals surface area contributed by atoms with E-state index in [9.17, 15) is 9.59 Å². The molecular weight excluding hydrogens is 420 g/mol. The molecule has 2 N–H and O–H groups in total. The highest BCUT2D eigenvalue weighted by atomic mass is 35.5. The van der Waals surface area contributed by atoms with Crippen LogP contribution in [0.2, 0.25) is 5.02 Å². The van der Waals surface area contributed by atoms with Gasteiger partial charge in [-0.2, -0.15) is 0 Å². The third-order valence-corrected chi connectivity index (χ3v) is 6.98. The van der Waals surface area contributed by atoms with Gasteiger partial charge in [0, 0.05) is 53.9 Å². The monoisotopic (exact) mass is 444 g/mol. The SMILES string of the molecule is CCN1CCN(c2ccc(NC(=O)C[C@H]3Sc4ccc(Cl)cc4NC3=O)cc2)CC1. The Morgan fingerprint density at radius 1 is 1.17 bits per heavy atom. The number of rotatable bonds is 5. The second kappa shape index (κ2) is 9.29. The topological polar surface area (TPSA) is 64.7 Å². The molecule has 30 heavy (non-hydrogen) atoms. The highest BCUT2D eigenvalue weighted by Gasteiger charge is 2.29. The Balaban J connectivity index is 1.32. The zero-order valence-electron chi connectivity index (χ0n) is 16.9. The van der Waals surface area contributed by atoms with Crippen molar-refractivity contribution < 1.29 is 9.59 Å². The molecule has 0 radical (unpaired) electrons. The van der Waals surface area contributed by atoms with Gasteiger partial charge in [0.05, 0.1) is 10.9 Å².